The Bertz CT molecular complexity index is 477. The van der Waals surface area contributed by atoms with E-state index in [2.05, 4.69) is 6.92 Å². The van der Waals surface area contributed by atoms with Crippen LogP contribution >= 0.6 is 0 Å². The van der Waals surface area contributed by atoms with Gasteiger partial charge in [0.15, 0.2) is 0 Å². The Morgan fingerprint density at radius 3 is 2.60 bits per heavy atom. The lowest BCUT2D eigenvalue weighted by atomic mass is 10.1. The van der Waals surface area contributed by atoms with Gasteiger partial charge in [-0.25, -0.2) is 9.18 Å². The summed E-state index contributed by atoms with van der Waals surface area (Å²) in [4.78, 5) is 13.4. The standard InChI is InChI=1S/C15H23FN2O2/c1-4-6-9-18(10(3)5-2)12-8-7-11(16)14(17)13(12)15(19)20/h7-8,10H,4-6,9,17H2,1-3H3,(H,19,20). The van der Waals surface area contributed by atoms with Crippen molar-refractivity contribution in [2.75, 3.05) is 17.2 Å². The summed E-state index contributed by atoms with van der Waals surface area (Å²) in [6.45, 7) is 6.88. The van der Waals surface area contributed by atoms with Crippen molar-refractivity contribution in [3.8, 4) is 0 Å². The summed E-state index contributed by atoms with van der Waals surface area (Å²) < 4.78 is 13.5. The third kappa shape index (κ3) is 3.40. The van der Waals surface area contributed by atoms with Crippen molar-refractivity contribution in [3.63, 3.8) is 0 Å². The summed E-state index contributed by atoms with van der Waals surface area (Å²) in [6.07, 6.45) is 2.83. The highest BCUT2D eigenvalue weighted by atomic mass is 19.1. The second-order valence-electron chi connectivity index (χ2n) is 4.96. The molecule has 0 heterocycles. The zero-order valence-electron chi connectivity index (χ0n) is 12.3. The van der Waals surface area contributed by atoms with Crippen LogP contribution in [0, 0.1) is 5.82 Å². The zero-order chi connectivity index (χ0) is 15.3. The first-order valence-corrected chi connectivity index (χ1v) is 7.01. The summed E-state index contributed by atoms with van der Waals surface area (Å²) in [5, 5.41) is 9.33. The molecule has 4 nitrogen and oxygen atoms in total. The van der Waals surface area contributed by atoms with E-state index in [0.717, 1.165) is 25.8 Å². The maximum atomic E-state index is 13.5. The summed E-state index contributed by atoms with van der Waals surface area (Å²) >= 11 is 0. The van der Waals surface area contributed by atoms with Crippen molar-refractivity contribution in [2.24, 2.45) is 0 Å². The zero-order valence-corrected chi connectivity index (χ0v) is 12.3. The molecule has 1 unspecified atom stereocenters. The van der Waals surface area contributed by atoms with Crippen LogP contribution in [0.15, 0.2) is 12.1 Å². The van der Waals surface area contributed by atoms with Crippen LogP contribution in [0.1, 0.15) is 50.4 Å². The van der Waals surface area contributed by atoms with Crippen LogP contribution in [0.4, 0.5) is 15.8 Å². The van der Waals surface area contributed by atoms with E-state index in [1.165, 1.54) is 12.1 Å². The lowest BCUT2D eigenvalue weighted by Gasteiger charge is -2.32. The first-order valence-electron chi connectivity index (χ1n) is 7.01. The second-order valence-corrected chi connectivity index (χ2v) is 4.96. The third-order valence-corrected chi connectivity index (χ3v) is 3.57. The van der Waals surface area contributed by atoms with Gasteiger partial charge in [-0.05, 0) is 31.9 Å². The van der Waals surface area contributed by atoms with Crippen molar-refractivity contribution in [1.29, 1.82) is 0 Å². The molecule has 1 aromatic rings. The van der Waals surface area contributed by atoms with Crippen molar-refractivity contribution in [2.45, 2.75) is 46.1 Å². The lowest BCUT2D eigenvalue weighted by molar-refractivity contribution is 0.0698. The fourth-order valence-corrected chi connectivity index (χ4v) is 2.17. The van der Waals surface area contributed by atoms with Crippen molar-refractivity contribution in [1.82, 2.24) is 0 Å². The Labute approximate surface area is 119 Å². The SMILES string of the molecule is CCCCN(c1ccc(F)c(N)c1C(=O)O)C(C)CC. The summed E-state index contributed by atoms with van der Waals surface area (Å²) in [6, 6.07) is 2.92. The molecule has 5 heteroatoms. The Balaban J connectivity index is 3.31. The van der Waals surface area contributed by atoms with Gasteiger partial charge in [0.2, 0.25) is 0 Å². The second kappa shape index (κ2) is 7.12. The molecule has 0 aliphatic heterocycles. The van der Waals surface area contributed by atoms with Gasteiger partial charge in [-0.2, -0.15) is 0 Å². The molecule has 0 radical (unpaired) electrons. The molecular weight excluding hydrogens is 259 g/mol. The van der Waals surface area contributed by atoms with Gasteiger partial charge in [-0.3, -0.25) is 0 Å². The van der Waals surface area contributed by atoms with Gasteiger partial charge in [-0.15, -0.1) is 0 Å². The number of carboxylic acid groups (broad SMARTS) is 1. The molecule has 3 N–H and O–H groups in total. The van der Waals surface area contributed by atoms with E-state index in [1.54, 1.807) is 0 Å². The van der Waals surface area contributed by atoms with Crippen LogP contribution in [0.3, 0.4) is 0 Å². The van der Waals surface area contributed by atoms with Crippen LogP contribution in [0.25, 0.3) is 0 Å². The minimum Gasteiger partial charge on any atom is -0.478 e. The normalized spacial score (nSPS) is 12.2. The first-order chi connectivity index (χ1) is 9.43. The fourth-order valence-electron chi connectivity index (χ4n) is 2.17. The quantitative estimate of drug-likeness (QED) is 0.751. The van der Waals surface area contributed by atoms with E-state index in [0.29, 0.717) is 5.69 Å². The number of benzene rings is 1. The largest absolute Gasteiger partial charge is 0.478 e. The molecule has 1 atom stereocenters. The number of anilines is 2. The molecule has 0 aromatic heterocycles. The van der Waals surface area contributed by atoms with E-state index >= 15 is 0 Å². The van der Waals surface area contributed by atoms with Gasteiger partial charge in [0.25, 0.3) is 0 Å². The molecule has 1 rings (SSSR count). The monoisotopic (exact) mass is 282 g/mol. The van der Waals surface area contributed by atoms with Crippen LogP contribution < -0.4 is 10.6 Å². The van der Waals surface area contributed by atoms with Crippen molar-refractivity contribution < 1.29 is 14.3 Å². The van der Waals surface area contributed by atoms with E-state index < -0.39 is 11.8 Å². The Morgan fingerprint density at radius 1 is 1.45 bits per heavy atom. The van der Waals surface area contributed by atoms with Gasteiger partial charge >= 0.3 is 5.97 Å². The summed E-state index contributed by atoms with van der Waals surface area (Å²) in [5.41, 5.74) is 5.68. The molecule has 0 aliphatic rings. The lowest BCUT2D eigenvalue weighted by Crippen LogP contribution is -2.35. The van der Waals surface area contributed by atoms with Gasteiger partial charge < -0.3 is 15.7 Å². The van der Waals surface area contributed by atoms with Gasteiger partial charge in [0, 0.05) is 12.6 Å². The molecule has 0 aliphatic carbocycles. The Kier molecular flexibility index (Phi) is 5.80. The van der Waals surface area contributed by atoms with Gasteiger partial charge in [-0.1, -0.05) is 20.3 Å². The average molecular weight is 282 g/mol. The molecule has 0 bridgehead atoms. The molecule has 0 fully saturated rings. The number of unbranched alkanes of at least 4 members (excludes halogenated alkanes) is 1. The van der Waals surface area contributed by atoms with Crippen LogP contribution in [-0.4, -0.2) is 23.7 Å². The van der Waals surface area contributed by atoms with Crippen molar-refractivity contribution >= 4 is 17.3 Å². The predicted octanol–water partition coefficient (Wildman–Crippen LogP) is 3.51. The number of hydrogen-bond donors (Lipinski definition) is 2. The highest BCUT2D eigenvalue weighted by Gasteiger charge is 2.23. The number of carboxylic acids is 1. The molecule has 1 aromatic carbocycles. The van der Waals surface area contributed by atoms with Crippen molar-refractivity contribution in [3.05, 3.63) is 23.5 Å². The number of nitrogens with zero attached hydrogens (tertiary/aromatic N) is 1. The Morgan fingerprint density at radius 2 is 2.10 bits per heavy atom. The molecule has 20 heavy (non-hydrogen) atoms. The Hall–Kier alpha value is -1.78. The summed E-state index contributed by atoms with van der Waals surface area (Å²) in [7, 11) is 0. The topological polar surface area (TPSA) is 66.6 Å². The first kappa shape index (κ1) is 16.3. The smallest absolute Gasteiger partial charge is 0.340 e. The molecular formula is C15H23FN2O2. The number of rotatable bonds is 7. The third-order valence-electron chi connectivity index (χ3n) is 3.57. The van der Waals surface area contributed by atoms with Crippen LogP contribution in [-0.2, 0) is 0 Å². The maximum Gasteiger partial charge on any atom is 0.340 e. The predicted molar refractivity (Wildman–Crippen MR) is 79.8 cm³/mol. The van der Waals surface area contributed by atoms with Crippen LogP contribution in [0.2, 0.25) is 0 Å². The molecule has 0 saturated heterocycles. The minimum absolute atomic E-state index is 0.138. The van der Waals surface area contributed by atoms with Crippen LogP contribution in [0.5, 0.6) is 0 Å². The number of carbonyl (C=O) groups is 1. The number of halogens is 1. The number of nitrogens with two attached hydrogens (primary N) is 1. The van der Waals surface area contributed by atoms with E-state index in [-0.39, 0.29) is 17.3 Å². The highest BCUT2D eigenvalue weighted by Crippen LogP contribution is 2.30. The number of hydrogen-bond acceptors (Lipinski definition) is 3. The van der Waals surface area contributed by atoms with E-state index in [4.69, 9.17) is 5.73 Å². The van der Waals surface area contributed by atoms with Gasteiger partial charge in [0.05, 0.1) is 11.4 Å². The fraction of sp³-hybridized carbons (Fsp3) is 0.533. The molecule has 112 valence electrons. The highest BCUT2D eigenvalue weighted by molar-refractivity contribution is 6.00. The molecule has 0 saturated carbocycles. The molecule has 0 spiro atoms. The minimum atomic E-state index is -1.19. The van der Waals surface area contributed by atoms with E-state index in [1.807, 2.05) is 18.7 Å². The van der Waals surface area contributed by atoms with E-state index in [9.17, 15) is 14.3 Å². The number of nitrogen functional groups attached to an aromatic ring is 1. The molecule has 0 amide bonds. The number of aromatic carboxylic acids is 1. The summed E-state index contributed by atoms with van der Waals surface area (Å²) in [5.74, 6) is -1.88. The van der Waals surface area contributed by atoms with Gasteiger partial charge in [0.1, 0.15) is 11.4 Å². The maximum absolute atomic E-state index is 13.5. The average Bonchev–Trinajstić information content (AvgIpc) is 2.42.